The number of nitrogens with zero attached hydrogens (tertiary/aromatic N) is 4. The minimum atomic E-state index is -1.76. The normalized spacial score (nSPS) is 11.7. The summed E-state index contributed by atoms with van der Waals surface area (Å²) in [6.07, 6.45) is 0.174. The summed E-state index contributed by atoms with van der Waals surface area (Å²) in [6.45, 7) is -0.847. The van der Waals surface area contributed by atoms with E-state index in [2.05, 4.69) is 9.72 Å². The first-order valence-corrected chi connectivity index (χ1v) is 7.22. The molecule has 0 radical (unpaired) electrons. The van der Waals surface area contributed by atoms with Crippen LogP contribution in [-0.4, -0.2) is 35.2 Å². The van der Waals surface area contributed by atoms with E-state index in [1.165, 1.54) is 29.6 Å². The fraction of sp³-hybridized carbons (Fsp3) is 0.455. The second-order valence-electron chi connectivity index (χ2n) is 4.52. The number of aromatic nitrogens is 4. The lowest BCUT2D eigenvalue weighted by Gasteiger charge is -2.11. The number of carbonyl (C=O) groups excluding carboxylic acids is 1. The highest BCUT2D eigenvalue weighted by Crippen LogP contribution is 2.26. The van der Waals surface area contributed by atoms with E-state index in [1.807, 2.05) is 0 Å². The van der Waals surface area contributed by atoms with Crippen LogP contribution in [0.25, 0.3) is 11.2 Å². The molecule has 0 unspecified atom stereocenters. The fourth-order valence-electron chi connectivity index (χ4n) is 1.80. The number of hydrogen-bond acceptors (Lipinski definition) is 6. The van der Waals surface area contributed by atoms with Gasteiger partial charge in [0, 0.05) is 14.1 Å². The van der Waals surface area contributed by atoms with Crippen molar-refractivity contribution in [2.24, 2.45) is 14.1 Å². The highest BCUT2D eigenvalue weighted by atomic mass is 35.6. The predicted molar refractivity (Wildman–Crippen MR) is 82.9 cm³/mol. The summed E-state index contributed by atoms with van der Waals surface area (Å²) in [5, 5.41) is 0. The van der Waals surface area contributed by atoms with Gasteiger partial charge in [0.25, 0.3) is 5.56 Å². The minimum absolute atomic E-state index is 0.101. The molecule has 0 saturated carbocycles. The summed E-state index contributed by atoms with van der Waals surface area (Å²) in [7, 11) is 2.80. The molecule has 23 heavy (non-hydrogen) atoms. The maximum Gasteiger partial charge on any atom is 0.510 e. The first-order chi connectivity index (χ1) is 10.6. The molecule has 0 amide bonds. The van der Waals surface area contributed by atoms with Crippen LogP contribution in [0.4, 0.5) is 4.79 Å². The van der Waals surface area contributed by atoms with Crippen LogP contribution in [0.5, 0.6) is 0 Å². The SMILES string of the molecule is Cn1c(=O)c2c(ncn2COC(=O)OCC(Cl)(Cl)Cl)n(C)c1=O. The molecule has 0 N–H and O–H groups in total. The van der Waals surface area contributed by atoms with Gasteiger partial charge in [-0.25, -0.2) is 14.6 Å². The van der Waals surface area contributed by atoms with Gasteiger partial charge in [-0.05, 0) is 0 Å². The fourth-order valence-corrected chi connectivity index (χ4v) is 1.96. The molecule has 9 nitrogen and oxygen atoms in total. The van der Waals surface area contributed by atoms with E-state index in [9.17, 15) is 14.4 Å². The summed E-state index contributed by atoms with van der Waals surface area (Å²) in [5.41, 5.74) is -0.824. The van der Waals surface area contributed by atoms with Crippen molar-refractivity contribution >= 4 is 52.1 Å². The molecule has 126 valence electrons. The molecular formula is C11H11Cl3N4O5. The van der Waals surface area contributed by atoms with E-state index >= 15 is 0 Å². The zero-order valence-corrected chi connectivity index (χ0v) is 14.2. The number of halogens is 3. The van der Waals surface area contributed by atoms with E-state index in [0.29, 0.717) is 0 Å². The quantitative estimate of drug-likeness (QED) is 0.575. The van der Waals surface area contributed by atoms with E-state index in [-0.39, 0.29) is 17.9 Å². The summed E-state index contributed by atoms with van der Waals surface area (Å²) in [6, 6.07) is 0. The van der Waals surface area contributed by atoms with Gasteiger partial charge in [0.15, 0.2) is 17.9 Å². The van der Waals surface area contributed by atoms with Crippen molar-refractivity contribution in [1.82, 2.24) is 18.7 Å². The highest BCUT2D eigenvalue weighted by Gasteiger charge is 2.23. The topological polar surface area (TPSA) is 97.3 Å². The van der Waals surface area contributed by atoms with Crippen LogP contribution in [0.3, 0.4) is 0 Å². The number of fused-ring (bicyclic) bond motifs is 1. The van der Waals surface area contributed by atoms with Crippen molar-refractivity contribution in [2.45, 2.75) is 10.5 Å². The molecule has 0 aliphatic rings. The predicted octanol–water partition coefficient (Wildman–Crippen LogP) is 0.915. The first-order valence-electron chi connectivity index (χ1n) is 6.09. The van der Waals surface area contributed by atoms with Gasteiger partial charge < -0.3 is 9.47 Å². The Kier molecular flexibility index (Phi) is 4.92. The monoisotopic (exact) mass is 384 g/mol. The van der Waals surface area contributed by atoms with Crippen LogP contribution in [0.15, 0.2) is 15.9 Å². The number of imidazole rings is 1. The Labute approximate surface area is 143 Å². The maximum atomic E-state index is 12.1. The zero-order valence-electron chi connectivity index (χ0n) is 12.0. The largest absolute Gasteiger partial charge is 0.510 e. The molecule has 2 heterocycles. The lowest BCUT2D eigenvalue weighted by atomic mass is 10.5. The Hall–Kier alpha value is -1.71. The third-order valence-corrected chi connectivity index (χ3v) is 3.22. The Morgan fingerprint density at radius 1 is 1.22 bits per heavy atom. The maximum absolute atomic E-state index is 12.1. The van der Waals surface area contributed by atoms with E-state index < -0.39 is 27.8 Å². The van der Waals surface area contributed by atoms with Gasteiger partial charge in [0.1, 0.15) is 12.9 Å². The Balaban J connectivity index is 2.21. The van der Waals surface area contributed by atoms with E-state index in [0.717, 1.165) is 4.57 Å². The second-order valence-corrected chi connectivity index (χ2v) is 7.04. The number of ether oxygens (including phenoxy) is 2. The average Bonchev–Trinajstić information content (AvgIpc) is 2.90. The summed E-state index contributed by atoms with van der Waals surface area (Å²) < 4.78 is 11.0. The minimum Gasteiger partial charge on any atom is -0.430 e. The van der Waals surface area contributed by atoms with Gasteiger partial charge >= 0.3 is 11.8 Å². The highest BCUT2D eigenvalue weighted by molar-refractivity contribution is 6.67. The molecule has 0 bridgehead atoms. The third-order valence-electron chi connectivity index (χ3n) is 2.89. The molecule has 2 aromatic rings. The van der Waals surface area contributed by atoms with Crippen molar-refractivity contribution in [1.29, 1.82) is 0 Å². The summed E-state index contributed by atoms with van der Waals surface area (Å²) in [5.74, 6) is 0. The lowest BCUT2D eigenvalue weighted by Crippen LogP contribution is -2.37. The van der Waals surface area contributed by atoms with Crippen LogP contribution in [0.1, 0.15) is 0 Å². The molecule has 2 rings (SSSR count). The van der Waals surface area contributed by atoms with Gasteiger partial charge in [-0.2, -0.15) is 0 Å². The lowest BCUT2D eigenvalue weighted by molar-refractivity contribution is 0.0359. The van der Waals surface area contributed by atoms with Crippen LogP contribution < -0.4 is 11.2 Å². The first kappa shape index (κ1) is 17.6. The molecular weight excluding hydrogens is 375 g/mol. The molecule has 0 aliphatic carbocycles. The number of hydrogen-bond donors (Lipinski definition) is 0. The summed E-state index contributed by atoms with van der Waals surface area (Å²) in [4.78, 5) is 39.3. The van der Waals surface area contributed by atoms with Crippen LogP contribution in [0, 0.1) is 0 Å². The third kappa shape index (κ3) is 3.80. The molecule has 0 aliphatic heterocycles. The zero-order chi connectivity index (χ0) is 17.4. The number of rotatable bonds is 3. The van der Waals surface area contributed by atoms with Crippen LogP contribution in [0.2, 0.25) is 0 Å². The van der Waals surface area contributed by atoms with Gasteiger partial charge in [-0.1, -0.05) is 34.8 Å². The molecule has 0 fully saturated rings. The standard InChI is InChI=1S/C11H11Cl3N4O5/c1-16-7-6(8(19)17(2)9(16)20)18(4-15-7)5-23-10(21)22-3-11(12,13)14/h4H,3,5H2,1-2H3. The van der Waals surface area contributed by atoms with E-state index in [1.54, 1.807) is 0 Å². The van der Waals surface area contributed by atoms with Crippen LogP contribution >= 0.6 is 34.8 Å². The van der Waals surface area contributed by atoms with Crippen molar-refractivity contribution in [3.05, 3.63) is 27.2 Å². The molecule has 0 aromatic carbocycles. The van der Waals surface area contributed by atoms with Gasteiger partial charge in [0.2, 0.25) is 3.79 Å². The van der Waals surface area contributed by atoms with Crippen LogP contribution in [-0.2, 0) is 30.3 Å². The molecule has 2 aromatic heterocycles. The Morgan fingerprint density at radius 3 is 2.48 bits per heavy atom. The van der Waals surface area contributed by atoms with Gasteiger partial charge in [-0.3, -0.25) is 18.5 Å². The Bertz CT molecular complexity index is 863. The summed E-state index contributed by atoms with van der Waals surface area (Å²) >= 11 is 16.3. The number of carbonyl (C=O) groups is 1. The smallest absolute Gasteiger partial charge is 0.430 e. The van der Waals surface area contributed by atoms with Crippen molar-refractivity contribution < 1.29 is 14.3 Å². The van der Waals surface area contributed by atoms with Crippen molar-refractivity contribution in [3.63, 3.8) is 0 Å². The molecule has 12 heteroatoms. The van der Waals surface area contributed by atoms with Crippen molar-refractivity contribution in [3.8, 4) is 0 Å². The average molecular weight is 386 g/mol. The van der Waals surface area contributed by atoms with Gasteiger partial charge in [-0.15, -0.1) is 0 Å². The molecule has 0 spiro atoms. The van der Waals surface area contributed by atoms with Gasteiger partial charge in [0.05, 0.1) is 0 Å². The number of aryl methyl sites for hydroxylation is 1. The molecule has 0 saturated heterocycles. The second kappa shape index (κ2) is 6.42. The van der Waals surface area contributed by atoms with Crippen molar-refractivity contribution in [2.75, 3.05) is 6.61 Å². The Morgan fingerprint density at radius 2 is 1.87 bits per heavy atom. The molecule has 0 atom stereocenters. The number of alkyl halides is 3. The van der Waals surface area contributed by atoms with E-state index in [4.69, 9.17) is 39.5 Å².